The molecule has 0 unspecified atom stereocenters. The van der Waals surface area contributed by atoms with Crippen LogP contribution in [0.5, 0.6) is 5.75 Å². The normalized spacial score (nSPS) is 9.95. The van der Waals surface area contributed by atoms with Crippen LogP contribution in [0.15, 0.2) is 42.6 Å². The van der Waals surface area contributed by atoms with Gasteiger partial charge in [-0.2, -0.15) is 0 Å². The van der Waals surface area contributed by atoms with Crippen LogP contribution in [-0.4, -0.2) is 18.0 Å². The number of methoxy groups -OCH3 is 1. The van der Waals surface area contributed by atoms with Gasteiger partial charge in [0.1, 0.15) is 11.6 Å². The van der Waals surface area contributed by atoms with Crippen molar-refractivity contribution in [3.63, 3.8) is 0 Å². The molecule has 0 radical (unpaired) electrons. The average molecular weight is 257 g/mol. The molecule has 1 heterocycles. The molecular weight excluding hydrogens is 242 g/mol. The standard InChI is InChI=1S/C14H15N3O2/c1-19-11-6-4-10(5-7-11)9-17-14-12(13(15)18)3-2-8-16-14/h2-8H,9H2,1H3,(H2,15,18)(H,16,17). The highest BCUT2D eigenvalue weighted by Crippen LogP contribution is 2.14. The molecular formula is C14H15N3O2. The van der Waals surface area contributed by atoms with Crippen molar-refractivity contribution >= 4 is 11.7 Å². The second-order valence-electron chi connectivity index (χ2n) is 3.97. The molecule has 98 valence electrons. The van der Waals surface area contributed by atoms with Gasteiger partial charge in [-0.1, -0.05) is 12.1 Å². The summed E-state index contributed by atoms with van der Waals surface area (Å²) in [5, 5.41) is 3.10. The number of nitrogens with zero attached hydrogens (tertiary/aromatic N) is 1. The Labute approximate surface area is 111 Å². The lowest BCUT2D eigenvalue weighted by atomic mass is 10.2. The smallest absolute Gasteiger partial charge is 0.252 e. The first-order chi connectivity index (χ1) is 9.20. The molecule has 5 nitrogen and oxygen atoms in total. The van der Waals surface area contributed by atoms with Crippen LogP contribution in [0.2, 0.25) is 0 Å². The third kappa shape index (κ3) is 3.22. The highest BCUT2D eigenvalue weighted by Gasteiger charge is 2.07. The van der Waals surface area contributed by atoms with E-state index in [2.05, 4.69) is 10.3 Å². The van der Waals surface area contributed by atoms with Crippen molar-refractivity contribution in [3.05, 3.63) is 53.7 Å². The minimum atomic E-state index is -0.495. The molecule has 3 N–H and O–H groups in total. The number of pyridine rings is 1. The lowest BCUT2D eigenvalue weighted by molar-refractivity contribution is 0.100. The van der Waals surface area contributed by atoms with E-state index in [0.717, 1.165) is 11.3 Å². The van der Waals surface area contributed by atoms with Gasteiger partial charge in [0.15, 0.2) is 0 Å². The van der Waals surface area contributed by atoms with E-state index in [1.807, 2.05) is 24.3 Å². The van der Waals surface area contributed by atoms with Gasteiger partial charge in [0, 0.05) is 12.7 Å². The fourth-order valence-electron chi connectivity index (χ4n) is 1.67. The Morgan fingerprint density at radius 3 is 2.68 bits per heavy atom. The SMILES string of the molecule is COc1ccc(CNc2ncccc2C(N)=O)cc1. The quantitative estimate of drug-likeness (QED) is 0.856. The molecule has 0 aliphatic rings. The second kappa shape index (κ2) is 5.86. The predicted octanol–water partition coefficient (Wildman–Crippen LogP) is 1.80. The van der Waals surface area contributed by atoms with E-state index < -0.39 is 5.91 Å². The Kier molecular flexibility index (Phi) is 3.97. The van der Waals surface area contributed by atoms with Crippen LogP contribution >= 0.6 is 0 Å². The zero-order valence-corrected chi connectivity index (χ0v) is 10.6. The van der Waals surface area contributed by atoms with Crippen molar-refractivity contribution in [1.29, 1.82) is 0 Å². The van der Waals surface area contributed by atoms with Gasteiger partial charge in [-0.15, -0.1) is 0 Å². The summed E-state index contributed by atoms with van der Waals surface area (Å²) >= 11 is 0. The van der Waals surface area contributed by atoms with Crippen LogP contribution in [0.3, 0.4) is 0 Å². The van der Waals surface area contributed by atoms with Gasteiger partial charge >= 0.3 is 0 Å². The van der Waals surface area contributed by atoms with Crippen LogP contribution < -0.4 is 15.8 Å². The van der Waals surface area contributed by atoms with Crippen molar-refractivity contribution in [2.75, 3.05) is 12.4 Å². The number of anilines is 1. The fourth-order valence-corrected chi connectivity index (χ4v) is 1.67. The Hall–Kier alpha value is -2.56. The van der Waals surface area contributed by atoms with Gasteiger partial charge in [-0.25, -0.2) is 4.98 Å². The Morgan fingerprint density at radius 1 is 1.32 bits per heavy atom. The highest BCUT2D eigenvalue weighted by atomic mass is 16.5. The van der Waals surface area contributed by atoms with Crippen molar-refractivity contribution in [3.8, 4) is 5.75 Å². The summed E-state index contributed by atoms with van der Waals surface area (Å²) in [6.07, 6.45) is 1.61. The first kappa shape index (κ1) is 12.9. The molecule has 2 rings (SSSR count). The number of carbonyl (C=O) groups is 1. The topological polar surface area (TPSA) is 77.2 Å². The van der Waals surface area contributed by atoms with E-state index in [0.29, 0.717) is 17.9 Å². The minimum Gasteiger partial charge on any atom is -0.497 e. The summed E-state index contributed by atoms with van der Waals surface area (Å²) in [6.45, 7) is 0.557. The largest absolute Gasteiger partial charge is 0.497 e. The zero-order chi connectivity index (χ0) is 13.7. The maximum atomic E-state index is 11.2. The number of hydrogen-bond acceptors (Lipinski definition) is 4. The van der Waals surface area contributed by atoms with Gasteiger partial charge < -0.3 is 15.8 Å². The summed E-state index contributed by atoms with van der Waals surface area (Å²) in [4.78, 5) is 15.4. The fraction of sp³-hybridized carbons (Fsp3) is 0.143. The number of carbonyl (C=O) groups excluding carboxylic acids is 1. The number of aromatic nitrogens is 1. The molecule has 19 heavy (non-hydrogen) atoms. The van der Waals surface area contributed by atoms with E-state index in [1.54, 1.807) is 25.4 Å². The first-order valence-electron chi connectivity index (χ1n) is 5.82. The Morgan fingerprint density at radius 2 is 2.05 bits per heavy atom. The molecule has 1 aromatic heterocycles. The highest BCUT2D eigenvalue weighted by molar-refractivity contribution is 5.97. The summed E-state index contributed by atoms with van der Waals surface area (Å²) in [7, 11) is 1.63. The van der Waals surface area contributed by atoms with Gasteiger partial charge in [0.05, 0.1) is 12.7 Å². The number of nitrogens with two attached hydrogens (primary N) is 1. The van der Waals surface area contributed by atoms with Crippen LogP contribution in [0.25, 0.3) is 0 Å². The number of rotatable bonds is 5. The number of amides is 1. The van der Waals surface area contributed by atoms with Crippen molar-refractivity contribution in [2.24, 2.45) is 5.73 Å². The number of ether oxygens (including phenoxy) is 1. The van der Waals surface area contributed by atoms with Gasteiger partial charge in [0.25, 0.3) is 5.91 Å². The third-order valence-corrected chi connectivity index (χ3v) is 2.69. The van der Waals surface area contributed by atoms with E-state index in [1.165, 1.54) is 0 Å². The molecule has 1 amide bonds. The summed E-state index contributed by atoms with van der Waals surface area (Å²) in [6, 6.07) is 11.0. The maximum Gasteiger partial charge on any atom is 0.252 e. The van der Waals surface area contributed by atoms with Gasteiger partial charge in [-0.3, -0.25) is 4.79 Å². The zero-order valence-electron chi connectivity index (χ0n) is 10.6. The Balaban J connectivity index is 2.07. The van der Waals surface area contributed by atoms with Crippen molar-refractivity contribution < 1.29 is 9.53 Å². The van der Waals surface area contributed by atoms with Crippen LogP contribution in [0.1, 0.15) is 15.9 Å². The van der Waals surface area contributed by atoms with Gasteiger partial charge in [0.2, 0.25) is 0 Å². The number of nitrogens with one attached hydrogen (secondary N) is 1. The molecule has 1 aromatic carbocycles. The second-order valence-corrected chi connectivity index (χ2v) is 3.97. The first-order valence-corrected chi connectivity index (χ1v) is 5.82. The van der Waals surface area contributed by atoms with Crippen LogP contribution in [-0.2, 0) is 6.54 Å². The minimum absolute atomic E-state index is 0.385. The van der Waals surface area contributed by atoms with Gasteiger partial charge in [-0.05, 0) is 29.8 Å². The molecule has 0 spiro atoms. The lowest BCUT2D eigenvalue weighted by Crippen LogP contribution is -2.15. The molecule has 0 bridgehead atoms. The van der Waals surface area contributed by atoms with E-state index in [9.17, 15) is 4.79 Å². The van der Waals surface area contributed by atoms with Crippen molar-refractivity contribution in [1.82, 2.24) is 4.98 Å². The summed E-state index contributed by atoms with van der Waals surface area (Å²) < 4.78 is 5.09. The number of hydrogen-bond donors (Lipinski definition) is 2. The Bertz CT molecular complexity index is 567. The summed E-state index contributed by atoms with van der Waals surface area (Å²) in [5.41, 5.74) is 6.73. The van der Waals surface area contributed by atoms with Crippen LogP contribution in [0, 0.1) is 0 Å². The third-order valence-electron chi connectivity index (χ3n) is 2.69. The van der Waals surface area contributed by atoms with Crippen LogP contribution in [0.4, 0.5) is 5.82 Å². The maximum absolute atomic E-state index is 11.2. The number of benzene rings is 1. The van der Waals surface area contributed by atoms with Crippen molar-refractivity contribution in [2.45, 2.75) is 6.54 Å². The molecule has 5 heteroatoms. The molecule has 0 saturated heterocycles. The van der Waals surface area contributed by atoms with E-state index in [-0.39, 0.29) is 0 Å². The molecule has 0 aliphatic heterocycles. The molecule has 0 saturated carbocycles. The monoisotopic (exact) mass is 257 g/mol. The average Bonchev–Trinajstić information content (AvgIpc) is 2.46. The van der Waals surface area contributed by atoms with E-state index >= 15 is 0 Å². The molecule has 0 atom stereocenters. The molecule has 2 aromatic rings. The molecule has 0 fully saturated rings. The molecule has 0 aliphatic carbocycles. The lowest BCUT2D eigenvalue weighted by Gasteiger charge is -2.09. The summed E-state index contributed by atoms with van der Waals surface area (Å²) in [5.74, 6) is 0.801. The number of primary amides is 1. The predicted molar refractivity (Wildman–Crippen MR) is 73.1 cm³/mol. The van der Waals surface area contributed by atoms with E-state index in [4.69, 9.17) is 10.5 Å².